The van der Waals surface area contributed by atoms with Gasteiger partial charge in [-0.3, -0.25) is 23.7 Å². The first kappa shape index (κ1) is 22.9. The van der Waals surface area contributed by atoms with Crippen molar-refractivity contribution in [3.05, 3.63) is 27.1 Å². The summed E-state index contributed by atoms with van der Waals surface area (Å²) in [6.07, 6.45) is 2.45. The fourth-order valence-electron chi connectivity index (χ4n) is 4.05. The molecule has 1 aliphatic rings. The summed E-state index contributed by atoms with van der Waals surface area (Å²) in [6.45, 7) is 8.88. The van der Waals surface area contributed by atoms with E-state index < -0.39 is 11.9 Å². The Kier molecular flexibility index (Phi) is 7.09. The van der Waals surface area contributed by atoms with Gasteiger partial charge in [0.25, 0.3) is 11.5 Å². The molecule has 1 N–H and O–H groups in total. The molecule has 2 amide bonds. The van der Waals surface area contributed by atoms with Crippen molar-refractivity contribution in [1.29, 1.82) is 0 Å². The monoisotopic (exact) mass is 448 g/mol. The van der Waals surface area contributed by atoms with Crippen molar-refractivity contribution in [1.82, 2.24) is 19.8 Å². The number of ether oxygens (including phenoxy) is 1. The number of carbonyl (C=O) groups excluding carboxylic acids is 3. The molecule has 0 aliphatic carbocycles. The van der Waals surface area contributed by atoms with Crippen LogP contribution in [0.5, 0.6) is 0 Å². The van der Waals surface area contributed by atoms with E-state index in [9.17, 15) is 19.2 Å². The van der Waals surface area contributed by atoms with Crippen LogP contribution in [0.25, 0.3) is 10.2 Å². The van der Waals surface area contributed by atoms with Gasteiger partial charge in [-0.05, 0) is 37.7 Å². The van der Waals surface area contributed by atoms with Gasteiger partial charge in [-0.15, -0.1) is 11.3 Å². The molecule has 31 heavy (non-hydrogen) atoms. The summed E-state index contributed by atoms with van der Waals surface area (Å²) in [7, 11) is 0. The number of hydrogen-bond donors (Lipinski definition) is 1. The Morgan fingerprint density at radius 2 is 1.94 bits per heavy atom. The lowest BCUT2D eigenvalue weighted by molar-refractivity contribution is -0.141. The SMILES string of the molecule is CCOC(=O)CNC(=O)c1sc2ncn(CC(=O)N3C[C@H](C)C[C@H](C)C3)c(=O)c2c1C. The Labute approximate surface area is 184 Å². The third kappa shape index (κ3) is 5.12. The Bertz CT molecular complexity index is 1050. The van der Waals surface area contributed by atoms with Gasteiger partial charge in [0.05, 0.1) is 23.2 Å². The molecule has 0 unspecified atom stereocenters. The van der Waals surface area contributed by atoms with E-state index in [1.54, 1.807) is 13.8 Å². The molecule has 168 valence electrons. The Balaban J connectivity index is 1.80. The number of amides is 2. The number of thiophene rings is 1. The summed E-state index contributed by atoms with van der Waals surface area (Å²) in [6, 6.07) is 0. The normalized spacial score (nSPS) is 18.8. The van der Waals surface area contributed by atoms with Crippen LogP contribution in [0.4, 0.5) is 0 Å². The molecule has 10 heteroatoms. The highest BCUT2D eigenvalue weighted by molar-refractivity contribution is 7.20. The number of aryl methyl sites for hydroxylation is 1. The van der Waals surface area contributed by atoms with E-state index in [1.165, 1.54) is 10.9 Å². The van der Waals surface area contributed by atoms with E-state index in [4.69, 9.17) is 4.74 Å². The molecular formula is C21H28N4O5S. The summed E-state index contributed by atoms with van der Waals surface area (Å²) in [5.41, 5.74) is 0.135. The second kappa shape index (κ2) is 9.59. The van der Waals surface area contributed by atoms with E-state index in [0.717, 1.165) is 17.8 Å². The highest BCUT2D eigenvalue weighted by Crippen LogP contribution is 2.27. The summed E-state index contributed by atoms with van der Waals surface area (Å²) in [5, 5.41) is 2.82. The van der Waals surface area contributed by atoms with E-state index >= 15 is 0 Å². The number of rotatable bonds is 6. The Morgan fingerprint density at radius 3 is 2.58 bits per heavy atom. The van der Waals surface area contributed by atoms with E-state index in [-0.39, 0.29) is 31.2 Å². The summed E-state index contributed by atoms with van der Waals surface area (Å²) >= 11 is 1.08. The number of nitrogens with zero attached hydrogens (tertiary/aromatic N) is 3. The maximum Gasteiger partial charge on any atom is 0.325 e. The first-order valence-electron chi connectivity index (χ1n) is 10.4. The van der Waals surface area contributed by atoms with Gasteiger partial charge in [-0.1, -0.05) is 13.8 Å². The lowest BCUT2D eigenvalue weighted by Gasteiger charge is -2.35. The van der Waals surface area contributed by atoms with Crippen molar-refractivity contribution in [2.75, 3.05) is 26.2 Å². The van der Waals surface area contributed by atoms with Crippen molar-refractivity contribution in [3.63, 3.8) is 0 Å². The lowest BCUT2D eigenvalue weighted by atomic mass is 9.92. The van der Waals surface area contributed by atoms with E-state index in [0.29, 0.717) is 45.6 Å². The molecule has 1 aliphatic heterocycles. The number of aromatic nitrogens is 2. The molecule has 0 radical (unpaired) electrons. The number of likely N-dealkylation sites (tertiary alicyclic amines) is 1. The van der Waals surface area contributed by atoms with Crippen LogP contribution in [-0.4, -0.2) is 58.5 Å². The largest absolute Gasteiger partial charge is 0.465 e. The molecule has 2 atom stereocenters. The van der Waals surface area contributed by atoms with Crippen molar-refractivity contribution in [2.24, 2.45) is 11.8 Å². The second-order valence-electron chi connectivity index (χ2n) is 8.15. The topological polar surface area (TPSA) is 111 Å². The van der Waals surface area contributed by atoms with E-state index in [2.05, 4.69) is 24.1 Å². The van der Waals surface area contributed by atoms with Gasteiger partial charge in [-0.25, -0.2) is 4.98 Å². The Morgan fingerprint density at radius 1 is 1.26 bits per heavy atom. The van der Waals surface area contributed by atoms with Crippen LogP contribution in [0.15, 0.2) is 11.1 Å². The molecule has 0 bridgehead atoms. The van der Waals surface area contributed by atoms with E-state index in [1.807, 2.05) is 4.90 Å². The van der Waals surface area contributed by atoms with Gasteiger partial charge in [0.1, 0.15) is 17.9 Å². The first-order chi connectivity index (χ1) is 14.7. The molecule has 3 heterocycles. The predicted octanol–water partition coefficient (Wildman–Crippen LogP) is 1.56. The number of fused-ring (bicyclic) bond motifs is 1. The number of hydrogen-bond acceptors (Lipinski definition) is 7. The molecule has 0 aromatic carbocycles. The molecule has 9 nitrogen and oxygen atoms in total. The van der Waals surface area contributed by atoms with Crippen LogP contribution in [0.3, 0.4) is 0 Å². The minimum absolute atomic E-state index is 0.0825. The van der Waals surface area contributed by atoms with Gasteiger partial charge in [0, 0.05) is 13.1 Å². The summed E-state index contributed by atoms with van der Waals surface area (Å²) in [5.74, 6) is -0.247. The van der Waals surface area contributed by atoms with Gasteiger partial charge in [0.2, 0.25) is 5.91 Å². The van der Waals surface area contributed by atoms with Crippen LogP contribution in [0, 0.1) is 18.8 Å². The summed E-state index contributed by atoms with van der Waals surface area (Å²) in [4.78, 5) is 56.6. The lowest BCUT2D eigenvalue weighted by Crippen LogP contribution is -2.44. The smallest absolute Gasteiger partial charge is 0.325 e. The molecule has 1 saturated heterocycles. The number of nitrogens with one attached hydrogen (secondary N) is 1. The minimum Gasteiger partial charge on any atom is -0.465 e. The fraction of sp³-hybridized carbons (Fsp3) is 0.571. The number of piperidine rings is 1. The zero-order valence-electron chi connectivity index (χ0n) is 18.3. The average Bonchev–Trinajstić information content (AvgIpc) is 3.05. The fourth-order valence-corrected chi connectivity index (χ4v) is 5.10. The molecule has 2 aromatic rings. The first-order valence-corrected chi connectivity index (χ1v) is 11.2. The van der Waals surface area contributed by atoms with Crippen LogP contribution < -0.4 is 10.9 Å². The molecule has 0 spiro atoms. The van der Waals surface area contributed by atoms with Crippen LogP contribution in [-0.2, 0) is 20.9 Å². The molecule has 3 rings (SSSR count). The quantitative estimate of drug-likeness (QED) is 0.672. The zero-order chi connectivity index (χ0) is 22.7. The van der Waals surface area contributed by atoms with Crippen LogP contribution >= 0.6 is 11.3 Å². The van der Waals surface area contributed by atoms with Gasteiger partial charge < -0.3 is 15.0 Å². The third-order valence-electron chi connectivity index (χ3n) is 5.35. The van der Waals surface area contributed by atoms with Crippen molar-refractivity contribution in [3.8, 4) is 0 Å². The highest BCUT2D eigenvalue weighted by atomic mass is 32.1. The molecule has 2 aromatic heterocycles. The van der Waals surface area contributed by atoms with Gasteiger partial charge in [-0.2, -0.15) is 0 Å². The number of carbonyl (C=O) groups is 3. The zero-order valence-corrected chi connectivity index (χ0v) is 19.1. The summed E-state index contributed by atoms with van der Waals surface area (Å²) < 4.78 is 6.10. The van der Waals surface area contributed by atoms with Crippen molar-refractivity contribution >= 4 is 39.3 Å². The van der Waals surface area contributed by atoms with Crippen LogP contribution in [0.2, 0.25) is 0 Å². The van der Waals surface area contributed by atoms with Gasteiger partial charge in [0.15, 0.2) is 0 Å². The van der Waals surface area contributed by atoms with Crippen LogP contribution in [0.1, 0.15) is 42.4 Å². The average molecular weight is 449 g/mol. The second-order valence-corrected chi connectivity index (χ2v) is 9.15. The predicted molar refractivity (Wildman–Crippen MR) is 117 cm³/mol. The Hall–Kier alpha value is -2.75. The standard InChI is InChI=1S/C21H28N4O5S/c1-5-30-16(27)7-22-19(28)18-14(4)17-20(31-18)23-11-25(21(17)29)10-15(26)24-8-12(2)6-13(3)9-24/h11-13H,5-10H2,1-4H3,(H,22,28)/t12-,13+. The van der Waals surface area contributed by atoms with Gasteiger partial charge >= 0.3 is 5.97 Å². The molecular weight excluding hydrogens is 420 g/mol. The maximum atomic E-state index is 13.0. The maximum absolute atomic E-state index is 13.0. The minimum atomic E-state index is -0.532. The highest BCUT2D eigenvalue weighted by Gasteiger charge is 2.26. The van der Waals surface area contributed by atoms with Crippen molar-refractivity contribution < 1.29 is 19.1 Å². The van der Waals surface area contributed by atoms with Crippen molar-refractivity contribution in [2.45, 2.75) is 40.7 Å². The molecule has 0 saturated carbocycles. The molecule has 1 fully saturated rings. The third-order valence-corrected chi connectivity index (χ3v) is 6.55. The number of esters is 1.